The number of nitrogens with one attached hydrogen (secondary N) is 1. The molecule has 8 heteroatoms. The van der Waals surface area contributed by atoms with Gasteiger partial charge in [0.05, 0.1) is 5.75 Å². The van der Waals surface area contributed by atoms with Gasteiger partial charge in [-0.2, -0.15) is 0 Å². The average molecular weight is 272 g/mol. The van der Waals surface area contributed by atoms with E-state index in [2.05, 4.69) is 15.5 Å². The summed E-state index contributed by atoms with van der Waals surface area (Å²) in [5, 5.41) is 14.5. The summed E-state index contributed by atoms with van der Waals surface area (Å²) in [5.74, 6) is -0.0119. The van der Waals surface area contributed by atoms with Crippen LogP contribution >= 0.6 is 0 Å². The maximum Gasteiger partial charge on any atom is 0.189 e. The third kappa shape index (κ3) is 4.68. The topological polar surface area (TPSA) is 118 Å². The van der Waals surface area contributed by atoms with Crippen LogP contribution < -0.4 is 11.1 Å². The van der Waals surface area contributed by atoms with Gasteiger partial charge in [0.1, 0.15) is 15.5 Å². The van der Waals surface area contributed by atoms with Crippen LogP contribution in [0, 0.1) is 0 Å². The summed E-state index contributed by atoms with van der Waals surface area (Å²) in [6.07, 6.45) is 2.72. The molecule has 1 rings (SSSR count). The van der Waals surface area contributed by atoms with Gasteiger partial charge >= 0.3 is 0 Å². The van der Waals surface area contributed by atoms with E-state index in [0.717, 1.165) is 5.56 Å². The minimum atomic E-state index is -2.98. The van der Waals surface area contributed by atoms with Gasteiger partial charge in [-0.05, 0) is 11.6 Å². The Hall–Kier alpha value is -1.67. The molecule has 18 heavy (non-hydrogen) atoms. The van der Waals surface area contributed by atoms with Crippen molar-refractivity contribution in [3.63, 3.8) is 0 Å². The molecule has 0 spiro atoms. The van der Waals surface area contributed by atoms with Gasteiger partial charge in [-0.15, -0.1) is 0 Å². The van der Waals surface area contributed by atoms with Gasteiger partial charge in [-0.1, -0.05) is 11.2 Å². The molecule has 0 atom stereocenters. The van der Waals surface area contributed by atoms with E-state index in [1.807, 2.05) is 0 Å². The standard InChI is InChI=1S/C10H16N4O3S/c1-18(16,17)6-5-12-7-8-3-2-4-13-9(8)10(11)14-15/h2-4,12,15H,5-7H2,1H3,(H2,11,14). The number of sulfone groups is 1. The molecule has 4 N–H and O–H groups in total. The van der Waals surface area contributed by atoms with Crippen LogP contribution in [0.5, 0.6) is 0 Å². The summed E-state index contributed by atoms with van der Waals surface area (Å²) < 4.78 is 21.9. The zero-order valence-corrected chi connectivity index (χ0v) is 10.8. The first-order valence-corrected chi connectivity index (χ1v) is 7.30. The first-order chi connectivity index (χ1) is 8.44. The molecular weight excluding hydrogens is 256 g/mol. The Kier molecular flexibility index (Phi) is 5.05. The van der Waals surface area contributed by atoms with E-state index in [0.29, 0.717) is 18.8 Å². The van der Waals surface area contributed by atoms with Gasteiger partial charge in [0, 0.05) is 25.5 Å². The molecule has 0 radical (unpaired) electrons. The second-order valence-corrected chi connectivity index (χ2v) is 6.06. The molecule has 1 heterocycles. The smallest absolute Gasteiger partial charge is 0.189 e. The quantitative estimate of drug-likeness (QED) is 0.207. The summed E-state index contributed by atoms with van der Waals surface area (Å²) in [6.45, 7) is 0.734. The van der Waals surface area contributed by atoms with Gasteiger partial charge in [0.2, 0.25) is 0 Å². The highest BCUT2D eigenvalue weighted by Gasteiger charge is 2.08. The second kappa shape index (κ2) is 6.31. The van der Waals surface area contributed by atoms with Crippen LogP contribution in [0.3, 0.4) is 0 Å². The molecule has 100 valence electrons. The van der Waals surface area contributed by atoms with Gasteiger partial charge in [-0.25, -0.2) is 8.42 Å². The highest BCUT2D eigenvalue weighted by atomic mass is 32.2. The van der Waals surface area contributed by atoms with Crippen LogP contribution in [-0.4, -0.2) is 43.0 Å². The van der Waals surface area contributed by atoms with Crippen molar-refractivity contribution in [1.29, 1.82) is 0 Å². The van der Waals surface area contributed by atoms with Crippen LogP contribution in [0.1, 0.15) is 11.3 Å². The van der Waals surface area contributed by atoms with Crippen LogP contribution in [0.4, 0.5) is 0 Å². The number of amidine groups is 1. The molecule has 0 fully saturated rings. The van der Waals surface area contributed by atoms with Gasteiger partial charge in [-0.3, -0.25) is 4.98 Å². The normalized spacial score (nSPS) is 12.6. The zero-order valence-electron chi connectivity index (χ0n) is 10.00. The van der Waals surface area contributed by atoms with Crippen LogP contribution in [-0.2, 0) is 16.4 Å². The minimum absolute atomic E-state index is 0.0617. The maximum absolute atomic E-state index is 10.9. The van der Waals surface area contributed by atoms with E-state index in [4.69, 9.17) is 10.9 Å². The molecule has 0 amide bonds. The lowest BCUT2D eigenvalue weighted by Crippen LogP contribution is -2.24. The Bertz CT molecular complexity index is 528. The largest absolute Gasteiger partial charge is 0.409 e. The molecule has 1 aromatic rings. The van der Waals surface area contributed by atoms with E-state index >= 15 is 0 Å². The van der Waals surface area contributed by atoms with Crippen molar-refractivity contribution in [3.8, 4) is 0 Å². The van der Waals surface area contributed by atoms with Gasteiger partial charge in [0.25, 0.3) is 0 Å². The first-order valence-electron chi connectivity index (χ1n) is 5.24. The highest BCUT2D eigenvalue weighted by molar-refractivity contribution is 7.90. The summed E-state index contributed by atoms with van der Waals surface area (Å²) in [5.41, 5.74) is 6.60. The fourth-order valence-electron chi connectivity index (χ4n) is 1.34. The summed E-state index contributed by atoms with van der Waals surface area (Å²) in [7, 11) is -2.98. The van der Waals surface area contributed by atoms with Gasteiger partial charge in [0.15, 0.2) is 5.84 Å². The van der Waals surface area contributed by atoms with Crippen molar-refractivity contribution in [2.75, 3.05) is 18.6 Å². The molecule has 0 saturated heterocycles. The average Bonchev–Trinajstić information content (AvgIpc) is 2.33. The highest BCUT2D eigenvalue weighted by Crippen LogP contribution is 2.04. The van der Waals surface area contributed by atoms with Crippen LogP contribution in [0.15, 0.2) is 23.5 Å². The minimum Gasteiger partial charge on any atom is -0.409 e. The lowest BCUT2D eigenvalue weighted by atomic mass is 10.2. The molecule has 0 unspecified atom stereocenters. The van der Waals surface area contributed by atoms with Crippen molar-refractivity contribution in [2.24, 2.45) is 10.9 Å². The third-order valence-electron chi connectivity index (χ3n) is 2.21. The first kappa shape index (κ1) is 14.4. The maximum atomic E-state index is 10.9. The fourth-order valence-corrected chi connectivity index (χ4v) is 1.85. The number of nitrogens with zero attached hydrogens (tertiary/aromatic N) is 2. The molecule has 0 aliphatic heterocycles. The number of rotatable bonds is 6. The van der Waals surface area contributed by atoms with Gasteiger partial charge < -0.3 is 16.3 Å². The Morgan fingerprint density at radius 1 is 1.61 bits per heavy atom. The van der Waals surface area contributed by atoms with Crippen molar-refractivity contribution >= 4 is 15.7 Å². The third-order valence-corrected chi connectivity index (χ3v) is 3.15. The number of hydrogen-bond acceptors (Lipinski definition) is 6. The molecule has 0 saturated carbocycles. The lowest BCUT2D eigenvalue weighted by Gasteiger charge is -2.08. The SMILES string of the molecule is CS(=O)(=O)CCNCc1cccnc1C(N)=NO. The molecular formula is C10H16N4O3S. The molecule has 0 aliphatic rings. The Morgan fingerprint density at radius 2 is 2.33 bits per heavy atom. The van der Waals surface area contributed by atoms with E-state index < -0.39 is 9.84 Å². The van der Waals surface area contributed by atoms with Crippen LogP contribution in [0.2, 0.25) is 0 Å². The van der Waals surface area contributed by atoms with Crippen molar-refractivity contribution in [2.45, 2.75) is 6.54 Å². The Labute approximate surface area is 106 Å². The van der Waals surface area contributed by atoms with E-state index in [-0.39, 0.29) is 11.6 Å². The fraction of sp³-hybridized carbons (Fsp3) is 0.400. The van der Waals surface area contributed by atoms with Crippen molar-refractivity contribution in [1.82, 2.24) is 10.3 Å². The molecule has 0 bridgehead atoms. The molecule has 7 nitrogen and oxygen atoms in total. The van der Waals surface area contributed by atoms with Crippen molar-refractivity contribution < 1.29 is 13.6 Å². The summed E-state index contributed by atoms with van der Waals surface area (Å²) in [6, 6.07) is 3.50. The zero-order chi connectivity index (χ0) is 13.6. The summed E-state index contributed by atoms with van der Waals surface area (Å²) >= 11 is 0. The predicted octanol–water partition coefficient (Wildman–Crippen LogP) is -0.690. The van der Waals surface area contributed by atoms with E-state index in [9.17, 15) is 8.42 Å². The number of oxime groups is 1. The van der Waals surface area contributed by atoms with E-state index in [1.54, 1.807) is 12.1 Å². The molecule has 0 aliphatic carbocycles. The van der Waals surface area contributed by atoms with E-state index in [1.165, 1.54) is 12.5 Å². The Balaban J connectivity index is 2.63. The number of hydrogen-bond donors (Lipinski definition) is 3. The molecule has 0 aromatic carbocycles. The second-order valence-electron chi connectivity index (χ2n) is 3.80. The monoisotopic (exact) mass is 272 g/mol. The number of pyridine rings is 1. The number of aromatic nitrogens is 1. The van der Waals surface area contributed by atoms with Crippen molar-refractivity contribution in [3.05, 3.63) is 29.6 Å². The van der Waals surface area contributed by atoms with Crippen LogP contribution in [0.25, 0.3) is 0 Å². The predicted molar refractivity (Wildman–Crippen MR) is 68.2 cm³/mol. The number of nitrogens with two attached hydrogens (primary N) is 1. The summed E-state index contributed by atoms with van der Waals surface area (Å²) in [4.78, 5) is 4.00. The molecule has 1 aromatic heterocycles. The Morgan fingerprint density at radius 3 is 2.94 bits per heavy atom. The lowest BCUT2D eigenvalue weighted by molar-refractivity contribution is 0.318.